The molecule has 5 atom stereocenters. The van der Waals surface area contributed by atoms with Crippen molar-refractivity contribution >= 4 is 34.6 Å². The smallest absolute Gasteiger partial charge is 0.330 e. The minimum Gasteiger partial charge on any atom is -0.497 e. The second kappa shape index (κ2) is 15.4. The van der Waals surface area contributed by atoms with Crippen LogP contribution in [0.25, 0.3) is 22.2 Å². The minimum absolute atomic E-state index is 0.0234. The number of carbonyl (C=O) groups excluding carboxylic acids is 3. The van der Waals surface area contributed by atoms with E-state index in [0.29, 0.717) is 48.6 Å². The molecule has 2 N–H and O–H groups in total. The molecule has 7 rings (SSSR count). The van der Waals surface area contributed by atoms with Gasteiger partial charge in [0, 0.05) is 60.8 Å². The molecule has 0 radical (unpaired) electrons. The predicted molar refractivity (Wildman–Crippen MR) is 196 cm³/mol. The second-order valence-corrected chi connectivity index (χ2v) is 14.7. The number of carboxylic acids is 1. The van der Waals surface area contributed by atoms with Crippen molar-refractivity contribution in [2.45, 2.75) is 88.3 Å². The predicted octanol–water partition coefficient (Wildman–Crippen LogP) is 5.76. The van der Waals surface area contributed by atoms with Gasteiger partial charge in [0.2, 0.25) is 17.7 Å². The third kappa shape index (κ3) is 7.49. The number of likely N-dealkylation sites (tertiary alicyclic amines) is 1. The van der Waals surface area contributed by atoms with Crippen LogP contribution in [0.5, 0.6) is 11.5 Å². The SMILES string of the molecule is COc1ccc2c(O[C@@H]3C[C@H]4C(=O)N[C@]5(C(=O)O)C[C@H]5/C=C\CCCCC[C@H](CC(=O)N5CCCCC5)C(=O)N4C3)cc(-c3ccccc3)nc2c1. The van der Waals surface area contributed by atoms with Gasteiger partial charge >= 0.3 is 5.97 Å². The largest absolute Gasteiger partial charge is 0.497 e. The summed E-state index contributed by atoms with van der Waals surface area (Å²) in [6.07, 6.45) is 10.8. The van der Waals surface area contributed by atoms with Crippen LogP contribution < -0.4 is 14.8 Å². The van der Waals surface area contributed by atoms with Crippen LogP contribution in [-0.4, -0.2) is 88.0 Å². The highest BCUT2D eigenvalue weighted by molar-refractivity contribution is 5.96. The molecule has 0 bridgehead atoms. The summed E-state index contributed by atoms with van der Waals surface area (Å²) >= 11 is 0. The fourth-order valence-electron chi connectivity index (χ4n) is 8.10. The van der Waals surface area contributed by atoms with Gasteiger partial charge < -0.3 is 29.7 Å². The fourth-order valence-corrected chi connectivity index (χ4v) is 8.10. The first kappa shape index (κ1) is 35.5. The Kier molecular flexibility index (Phi) is 10.5. The monoisotopic (exact) mass is 708 g/mol. The van der Waals surface area contributed by atoms with Gasteiger partial charge in [-0.3, -0.25) is 14.4 Å². The van der Waals surface area contributed by atoms with E-state index in [0.717, 1.165) is 55.9 Å². The lowest BCUT2D eigenvalue weighted by Crippen LogP contribution is -2.54. The number of carbonyl (C=O) groups is 4. The zero-order valence-corrected chi connectivity index (χ0v) is 29.8. The minimum atomic E-state index is -1.41. The number of nitrogens with zero attached hydrogens (tertiary/aromatic N) is 3. The maximum absolute atomic E-state index is 14.6. The number of aliphatic carboxylic acids is 1. The summed E-state index contributed by atoms with van der Waals surface area (Å²) in [7, 11) is 1.60. The molecule has 1 aliphatic carbocycles. The Hall–Kier alpha value is -4.93. The summed E-state index contributed by atoms with van der Waals surface area (Å²) in [6, 6.07) is 16.2. The quantitative estimate of drug-likeness (QED) is 0.296. The van der Waals surface area contributed by atoms with Crippen LogP contribution in [-0.2, 0) is 19.2 Å². The molecule has 0 spiro atoms. The second-order valence-electron chi connectivity index (χ2n) is 14.7. The van der Waals surface area contributed by atoms with Crippen LogP contribution in [0.15, 0.2) is 66.7 Å². The number of methoxy groups -OCH3 is 1. The van der Waals surface area contributed by atoms with Crippen molar-refractivity contribution < 1.29 is 33.8 Å². The van der Waals surface area contributed by atoms with E-state index in [1.54, 1.807) is 12.0 Å². The highest BCUT2D eigenvalue weighted by atomic mass is 16.5. The van der Waals surface area contributed by atoms with E-state index >= 15 is 0 Å². The van der Waals surface area contributed by atoms with Crippen molar-refractivity contribution in [1.29, 1.82) is 0 Å². The molecule has 3 amide bonds. The summed E-state index contributed by atoms with van der Waals surface area (Å²) in [5.74, 6) is -1.58. The van der Waals surface area contributed by atoms with Gasteiger partial charge in [0.15, 0.2) is 0 Å². The van der Waals surface area contributed by atoms with E-state index in [-0.39, 0.29) is 37.1 Å². The van der Waals surface area contributed by atoms with Crippen LogP contribution in [0.3, 0.4) is 0 Å². The van der Waals surface area contributed by atoms with Crippen molar-refractivity contribution in [1.82, 2.24) is 20.1 Å². The third-order valence-corrected chi connectivity index (χ3v) is 11.2. The highest BCUT2D eigenvalue weighted by Crippen LogP contribution is 2.45. The van der Waals surface area contributed by atoms with Crippen molar-refractivity contribution in [3.05, 3.63) is 66.7 Å². The van der Waals surface area contributed by atoms with Gasteiger partial charge in [-0.25, -0.2) is 9.78 Å². The molecule has 1 aromatic heterocycles. The topological polar surface area (TPSA) is 138 Å². The van der Waals surface area contributed by atoms with Crippen LogP contribution in [0.2, 0.25) is 0 Å². The summed E-state index contributed by atoms with van der Waals surface area (Å²) in [5, 5.41) is 13.9. The standard InChI is InChI=1S/C41H48N4O7/c1-51-30-17-18-32-34(22-30)42-33(27-13-8-5-9-14-27)24-36(32)52-31-23-35-38(47)43-41(40(49)50)25-29(41)16-10-4-2-3-7-15-28(39(48)45(35)26-31)21-37(46)44-19-11-6-12-20-44/h5,8-10,13-14,16-18,22,24,28-29,31,35H,2-4,6-7,11-12,15,19-21,23,25-26H2,1H3,(H,43,47)(H,49,50)/b16-10-/t28-,29-,31-,35+,41-/m1/s1. The Morgan fingerprint density at radius 1 is 1.00 bits per heavy atom. The number of fused-ring (bicyclic) bond motifs is 3. The number of benzene rings is 2. The average Bonchev–Trinajstić information content (AvgIpc) is 3.70. The lowest BCUT2D eigenvalue weighted by atomic mass is 9.94. The lowest BCUT2D eigenvalue weighted by molar-refractivity contribution is -0.147. The number of carboxylic acid groups (broad SMARTS) is 1. The Morgan fingerprint density at radius 2 is 1.79 bits per heavy atom. The molecule has 11 nitrogen and oxygen atoms in total. The molecule has 4 aliphatic rings. The average molecular weight is 709 g/mol. The van der Waals surface area contributed by atoms with Crippen molar-refractivity contribution in [2.75, 3.05) is 26.7 Å². The summed E-state index contributed by atoms with van der Waals surface area (Å²) in [6.45, 7) is 1.52. The molecule has 274 valence electrons. The van der Waals surface area contributed by atoms with E-state index in [2.05, 4.69) is 5.32 Å². The Labute approximate surface area is 304 Å². The van der Waals surface area contributed by atoms with E-state index in [1.165, 1.54) is 0 Å². The third-order valence-electron chi connectivity index (χ3n) is 11.2. The molecular formula is C41H48N4O7. The normalized spacial score (nSPS) is 27.4. The van der Waals surface area contributed by atoms with Crippen molar-refractivity contribution in [2.24, 2.45) is 11.8 Å². The van der Waals surface area contributed by atoms with Gasteiger partial charge in [-0.2, -0.15) is 0 Å². The van der Waals surface area contributed by atoms with Crippen molar-refractivity contribution in [3.8, 4) is 22.8 Å². The van der Waals surface area contributed by atoms with Gasteiger partial charge in [-0.1, -0.05) is 55.3 Å². The number of amides is 3. The van der Waals surface area contributed by atoms with E-state index in [4.69, 9.17) is 14.5 Å². The number of aromatic nitrogens is 1. The first-order valence-corrected chi connectivity index (χ1v) is 18.8. The molecule has 4 heterocycles. The molecular weight excluding hydrogens is 660 g/mol. The zero-order chi connectivity index (χ0) is 36.2. The number of allylic oxidation sites excluding steroid dienone is 1. The number of ether oxygens (including phenoxy) is 2. The van der Waals surface area contributed by atoms with Gasteiger partial charge in [-0.05, 0) is 57.1 Å². The number of pyridine rings is 1. The molecule has 0 unspecified atom stereocenters. The number of hydrogen-bond donors (Lipinski definition) is 2. The fraction of sp³-hybridized carbons (Fsp3) is 0.488. The molecule has 3 aliphatic heterocycles. The zero-order valence-electron chi connectivity index (χ0n) is 29.8. The van der Waals surface area contributed by atoms with E-state index < -0.39 is 35.5 Å². The van der Waals surface area contributed by atoms with Gasteiger partial charge in [-0.15, -0.1) is 0 Å². The van der Waals surface area contributed by atoms with Gasteiger partial charge in [0.1, 0.15) is 29.2 Å². The number of rotatable bonds is 7. The highest BCUT2D eigenvalue weighted by Gasteiger charge is 2.61. The van der Waals surface area contributed by atoms with E-state index in [9.17, 15) is 24.3 Å². The molecule has 3 fully saturated rings. The molecule has 1 saturated carbocycles. The molecule has 11 heteroatoms. The van der Waals surface area contributed by atoms with E-state index in [1.807, 2.05) is 71.6 Å². The number of hydrogen-bond acceptors (Lipinski definition) is 7. The maximum Gasteiger partial charge on any atom is 0.330 e. The molecule has 2 saturated heterocycles. The first-order chi connectivity index (χ1) is 25.3. The summed E-state index contributed by atoms with van der Waals surface area (Å²) in [5.41, 5.74) is 0.866. The Balaban J connectivity index is 1.21. The van der Waals surface area contributed by atoms with Crippen molar-refractivity contribution in [3.63, 3.8) is 0 Å². The first-order valence-electron chi connectivity index (χ1n) is 18.8. The van der Waals surface area contributed by atoms with Crippen LogP contribution in [0.1, 0.15) is 70.6 Å². The Bertz CT molecular complexity index is 1840. The number of piperidine rings is 1. The Morgan fingerprint density at radius 3 is 2.56 bits per heavy atom. The summed E-state index contributed by atoms with van der Waals surface area (Å²) in [4.78, 5) is 63.2. The van der Waals surface area contributed by atoms with Crippen LogP contribution in [0, 0.1) is 11.8 Å². The van der Waals surface area contributed by atoms with Gasteiger partial charge in [0.25, 0.3) is 0 Å². The molecule has 2 aromatic carbocycles. The maximum atomic E-state index is 14.6. The summed E-state index contributed by atoms with van der Waals surface area (Å²) < 4.78 is 12.2. The lowest BCUT2D eigenvalue weighted by Gasteiger charge is -2.31. The van der Waals surface area contributed by atoms with Gasteiger partial charge in [0.05, 0.1) is 24.9 Å². The molecule has 52 heavy (non-hydrogen) atoms. The van der Waals surface area contributed by atoms with Crippen LogP contribution in [0.4, 0.5) is 0 Å². The molecule has 3 aromatic rings. The van der Waals surface area contributed by atoms with Crippen LogP contribution >= 0.6 is 0 Å². The number of nitrogens with one attached hydrogen (secondary N) is 1.